The summed E-state index contributed by atoms with van der Waals surface area (Å²) >= 11 is 1.87. The van der Waals surface area contributed by atoms with Crippen molar-refractivity contribution in [3.05, 3.63) is 256 Å². The molecule has 0 bridgehead atoms. The number of benzene rings is 8. The van der Waals surface area contributed by atoms with Crippen LogP contribution in [0.5, 0.6) is 0 Å². The predicted octanol–water partition coefficient (Wildman–Crippen LogP) is 14.5. The summed E-state index contributed by atoms with van der Waals surface area (Å²) in [4.78, 5) is 4.43. The fourth-order valence-electron chi connectivity index (χ4n) is 10.6. The SMILES string of the molecule is Cc1ccc(C2(c3ccc(C)cc3)c3cccc4c3-c3c2cccc3C4(c2ccc(-c3cccnc3)cc2)c2ccc(-c3ccc4sc5ccccc5c4c3)cc2)cc1. The molecule has 2 heterocycles. The third kappa shape index (κ3) is 4.75. The molecule has 0 N–H and O–H groups in total. The molecule has 0 atom stereocenters. The summed E-state index contributed by atoms with van der Waals surface area (Å²) in [6, 6.07) is 71.4. The van der Waals surface area contributed by atoms with Crippen LogP contribution in [0.2, 0.25) is 0 Å². The van der Waals surface area contributed by atoms with Gasteiger partial charge in [0.15, 0.2) is 0 Å². The van der Waals surface area contributed by atoms with E-state index in [9.17, 15) is 0 Å². The van der Waals surface area contributed by atoms with Crippen LogP contribution in [-0.4, -0.2) is 4.98 Å². The topological polar surface area (TPSA) is 12.9 Å². The van der Waals surface area contributed by atoms with Crippen LogP contribution >= 0.6 is 11.3 Å². The van der Waals surface area contributed by atoms with Gasteiger partial charge in [0.25, 0.3) is 0 Å². The van der Waals surface area contributed by atoms with Gasteiger partial charge in [0.05, 0.1) is 10.8 Å². The molecule has 2 aliphatic rings. The summed E-state index contributed by atoms with van der Waals surface area (Å²) in [5.74, 6) is 0. The number of aryl methyl sites for hydroxylation is 2. The molecule has 1 nitrogen and oxygen atoms in total. The number of aromatic nitrogens is 1. The van der Waals surface area contributed by atoms with Gasteiger partial charge in [-0.2, -0.15) is 0 Å². The zero-order valence-corrected chi connectivity index (χ0v) is 33.7. The second kappa shape index (κ2) is 12.8. The van der Waals surface area contributed by atoms with Gasteiger partial charge in [0, 0.05) is 32.6 Å². The number of nitrogens with zero attached hydrogens (tertiary/aromatic N) is 1. The molecule has 0 fully saturated rings. The van der Waals surface area contributed by atoms with Gasteiger partial charge in [-0.15, -0.1) is 11.3 Å². The Kier molecular flexibility index (Phi) is 7.43. The molecule has 10 aromatic rings. The lowest BCUT2D eigenvalue weighted by atomic mass is 9.62. The van der Waals surface area contributed by atoms with Gasteiger partial charge in [0.1, 0.15) is 0 Å². The average molecular weight is 770 g/mol. The minimum atomic E-state index is -0.539. The van der Waals surface area contributed by atoms with E-state index >= 15 is 0 Å². The van der Waals surface area contributed by atoms with Crippen LogP contribution in [0.25, 0.3) is 53.6 Å². The van der Waals surface area contributed by atoms with E-state index in [4.69, 9.17) is 0 Å². The smallest absolute Gasteiger partial charge is 0.0713 e. The molecule has 2 aromatic heterocycles. The molecule has 278 valence electrons. The fourth-order valence-corrected chi connectivity index (χ4v) is 11.7. The minimum absolute atomic E-state index is 0.456. The van der Waals surface area contributed by atoms with Gasteiger partial charge in [0.2, 0.25) is 0 Å². The summed E-state index contributed by atoms with van der Waals surface area (Å²) in [5.41, 5.74) is 19.5. The molecule has 0 saturated heterocycles. The van der Waals surface area contributed by atoms with Gasteiger partial charge >= 0.3 is 0 Å². The van der Waals surface area contributed by atoms with Crippen molar-refractivity contribution < 1.29 is 0 Å². The maximum absolute atomic E-state index is 4.43. The Labute approximate surface area is 349 Å². The van der Waals surface area contributed by atoms with Gasteiger partial charge in [-0.1, -0.05) is 175 Å². The molecule has 12 rings (SSSR count). The number of hydrogen-bond donors (Lipinski definition) is 0. The highest BCUT2D eigenvalue weighted by Crippen LogP contribution is 2.66. The third-order valence-electron chi connectivity index (χ3n) is 13.3. The molecule has 8 aromatic carbocycles. The van der Waals surface area contributed by atoms with Crippen molar-refractivity contribution in [2.45, 2.75) is 24.7 Å². The fraction of sp³-hybridized carbons (Fsp3) is 0.0702. The molecular weight excluding hydrogens is 731 g/mol. The van der Waals surface area contributed by atoms with E-state index in [0.717, 1.165) is 11.1 Å². The summed E-state index contributed by atoms with van der Waals surface area (Å²) < 4.78 is 2.66. The molecule has 0 spiro atoms. The molecular formula is C57H39NS. The summed E-state index contributed by atoms with van der Waals surface area (Å²) in [7, 11) is 0. The molecule has 0 unspecified atom stereocenters. The first kappa shape index (κ1) is 34.2. The monoisotopic (exact) mass is 769 g/mol. The van der Waals surface area contributed by atoms with Crippen LogP contribution in [0.1, 0.15) is 55.6 Å². The van der Waals surface area contributed by atoms with Crippen molar-refractivity contribution >= 4 is 31.5 Å². The average Bonchev–Trinajstić information content (AvgIpc) is 3.93. The predicted molar refractivity (Wildman–Crippen MR) is 247 cm³/mol. The van der Waals surface area contributed by atoms with Crippen LogP contribution in [0.15, 0.2) is 200 Å². The highest BCUT2D eigenvalue weighted by Gasteiger charge is 2.56. The summed E-state index contributed by atoms with van der Waals surface area (Å²) in [5, 5.41) is 2.65. The molecule has 59 heavy (non-hydrogen) atoms. The van der Waals surface area contributed by atoms with Crippen LogP contribution in [0.3, 0.4) is 0 Å². The number of fused-ring (bicyclic) bond motifs is 3. The summed E-state index contributed by atoms with van der Waals surface area (Å²) in [6.45, 7) is 4.36. The van der Waals surface area contributed by atoms with E-state index in [1.807, 2.05) is 29.8 Å². The largest absolute Gasteiger partial charge is 0.264 e. The second-order valence-electron chi connectivity index (χ2n) is 16.4. The van der Waals surface area contributed by atoms with Gasteiger partial charge in [-0.25, -0.2) is 0 Å². The Bertz CT molecular complexity index is 3140. The number of hydrogen-bond acceptors (Lipinski definition) is 2. The Morgan fingerprint density at radius 1 is 0.373 bits per heavy atom. The first-order valence-corrected chi connectivity index (χ1v) is 21.3. The highest BCUT2D eigenvalue weighted by molar-refractivity contribution is 7.25. The van der Waals surface area contributed by atoms with Crippen molar-refractivity contribution in [1.82, 2.24) is 4.98 Å². The van der Waals surface area contributed by atoms with E-state index in [-0.39, 0.29) is 0 Å². The molecule has 0 saturated carbocycles. The van der Waals surface area contributed by atoms with Crippen LogP contribution in [-0.2, 0) is 10.8 Å². The van der Waals surface area contributed by atoms with E-state index < -0.39 is 10.8 Å². The zero-order chi connectivity index (χ0) is 39.3. The molecule has 2 aliphatic carbocycles. The van der Waals surface area contributed by atoms with Crippen LogP contribution in [0, 0.1) is 13.8 Å². The number of thiophene rings is 1. The van der Waals surface area contributed by atoms with Crippen molar-refractivity contribution in [1.29, 1.82) is 0 Å². The quantitative estimate of drug-likeness (QED) is 0.164. The summed E-state index contributed by atoms with van der Waals surface area (Å²) in [6.07, 6.45) is 3.79. The van der Waals surface area contributed by atoms with Crippen molar-refractivity contribution in [2.24, 2.45) is 0 Å². The van der Waals surface area contributed by atoms with Gasteiger partial charge < -0.3 is 0 Å². The lowest BCUT2D eigenvalue weighted by molar-refractivity contribution is 0.733. The Morgan fingerprint density at radius 2 is 0.831 bits per heavy atom. The van der Waals surface area contributed by atoms with Gasteiger partial charge in [-0.05, 0) is 116 Å². The molecule has 0 amide bonds. The van der Waals surface area contributed by atoms with E-state index in [1.165, 1.54) is 98.1 Å². The maximum Gasteiger partial charge on any atom is 0.0713 e. The zero-order valence-electron chi connectivity index (χ0n) is 32.9. The minimum Gasteiger partial charge on any atom is -0.264 e. The van der Waals surface area contributed by atoms with E-state index in [0.29, 0.717) is 0 Å². The van der Waals surface area contributed by atoms with Crippen molar-refractivity contribution in [3.8, 4) is 33.4 Å². The number of rotatable bonds is 6. The third-order valence-corrected chi connectivity index (χ3v) is 14.5. The Hall–Kier alpha value is -6.87. The first-order valence-electron chi connectivity index (χ1n) is 20.5. The Morgan fingerprint density at radius 3 is 1.34 bits per heavy atom. The molecule has 0 aliphatic heterocycles. The lowest BCUT2D eigenvalue weighted by Gasteiger charge is -2.39. The second-order valence-corrected chi connectivity index (χ2v) is 17.5. The standard InChI is InChI=1S/C57H39NS/c1-36-15-24-42(25-16-36)56(43-26-17-37(2)18-27-43)48-10-5-12-50-54(48)55-49(56)11-6-13-51(55)57(50,45-30-21-39(22-31-45)41-8-7-33-58-35-41)44-28-19-38(20-29-44)40-23-32-53-47(34-40)46-9-3-4-14-52(46)59-53/h3-35H,1-2H3. The van der Waals surface area contributed by atoms with E-state index in [2.05, 4.69) is 201 Å². The van der Waals surface area contributed by atoms with Gasteiger partial charge in [-0.3, -0.25) is 4.98 Å². The maximum atomic E-state index is 4.43. The molecule has 0 radical (unpaired) electrons. The van der Waals surface area contributed by atoms with Crippen LogP contribution in [0.4, 0.5) is 0 Å². The molecule has 2 heteroatoms. The highest BCUT2D eigenvalue weighted by atomic mass is 32.1. The number of pyridine rings is 1. The first-order chi connectivity index (χ1) is 29.0. The lowest BCUT2D eigenvalue weighted by Crippen LogP contribution is -2.33. The normalized spacial score (nSPS) is 14.2. The van der Waals surface area contributed by atoms with Crippen LogP contribution < -0.4 is 0 Å². The Balaban J connectivity index is 1.10. The van der Waals surface area contributed by atoms with Crippen molar-refractivity contribution in [2.75, 3.05) is 0 Å². The van der Waals surface area contributed by atoms with Crippen molar-refractivity contribution in [3.63, 3.8) is 0 Å². The van der Waals surface area contributed by atoms with E-state index in [1.54, 1.807) is 0 Å².